The van der Waals surface area contributed by atoms with Gasteiger partial charge in [0.05, 0.1) is 16.8 Å². The zero-order valence-electron chi connectivity index (χ0n) is 12.7. The topological polar surface area (TPSA) is 47.9 Å². The quantitative estimate of drug-likeness (QED) is 0.780. The summed E-state index contributed by atoms with van der Waals surface area (Å²) in [6.45, 7) is 16.5. The van der Waals surface area contributed by atoms with Crippen LogP contribution in [0, 0.1) is 0 Å². The maximum Gasteiger partial charge on any atom is 0.411 e. The molecule has 0 fully saturated rings. The van der Waals surface area contributed by atoms with Gasteiger partial charge in [0.2, 0.25) is 0 Å². The number of aliphatic hydroxyl groups is 1. The van der Waals surface area contributed by atoms with E-state index in [1.807, 2.05) is 62.3 Å². The Balaban J connectivity index is 4.95. The molecular formula is C13H28O4. The second kappa shape index (κ2) is 4.84. The van der Waals surface area contributed by atoms with Gasteiger partial charge in [-0.25, -0.2) is 0 Å². The van der Waals surface area contributed by atoms with Crippen molar-refractivity contribution in [2.24, 2.45) is 0 Å². The fourth-order valence-electron chi connectivity index (χ4n) is 1.22. The second-order valence-electron chi connectivity index (χ2n) is 7.17. The van der Waals surface area contributed by atoms with E-state index in [1.165, 1.54) is 0 Å². The number of ether oxygens (including phenoxy) is 3. The van der Waals surface area contributed by atoms with E-state index in [-0.39, 0.29) is 0 Å². The summed E-state index contributed by atoms with van der Waals surface area (Å²) in [4.78, 5) is 0. The van der Waals surface area contributed by atoms with E-state index in [9.17, 15) is 5.11 Å². The molecule has 104 valence electrons. The Labute approximate surface area is 105 Å². The van der Waals surface area contributed by atoms with E-state index < -0.39 is 23.0 Å². The summed E-state index contributed by atoms with van der Waals surface area (Å²) in [5, 5.41) is 10.4. The summed E-state index contributed by atoms with van der Waals surface area (Å²) >= 11 is 0. The average molecular weight is 248 g/mol. The summed E-state index contributed by atoms with van der Waals surface area (Å²) in [6.07, 6.45) is -2.05. The first-order chi connectivity index (χ1) is 7.12. The fourth-order valence-corrected chi connectivity index (χ4v) is 1.22. The first-order valence-corrected chi connectivity index (χ1v) is 5.95. The number of rotatable bonds is 3. The van der Waals surface area contributed by atoms with Crippen LogP contribution in [0.25, 0.3) is 0 Å². The van der Waals surface area contributed by atoms with Crippen LogP contribution < -0.4 is 0 Å². The third kappa shape index (κ3) is 9.53. The molecule has 4 heteroatoms. The summed E-state index contributed by atoms with van der Waals surface area (Å²) in [5.41, 5.74) is -1.73. The Morgan fingerprint density at radius 3 is 0.824 bits per heavy atom. The molecule has 0 spiro atoms. The Hall–Kier alpha value is -0.160. The molecule has 0 amide bonds. The van der Waals surface area contributed by atoms with Crippen LogP contribution >= 0.6 is 0 Å². The summed E-state index contributed by atoms with van der Waals surface area (Å²) < 4.78 is 16.5. The van der Waals surface area contributed by atoms with Gasteiger partial charge in [0.15, 0.2) is 0 Å². The molecule has 17 heavy (non-hydrogen) atoms. The summed E-state index contributed by atoms with van der Waals surface area (Å²) in [6, 6.07) is 0. The van der Waals surface area contributed by atoms with Crippen molar-refractivity contribution in [3.05, 3.63) is 0 Å². The van der Waals surface area contributed by atoms with Gasteiger partial charge in [-0.15, -0.1) is 0 Å². The highest BCUT2D eigenvalue weighted by atomic mass is 17.0. The van der Waals surface area contributed by atoms with Gasteiger partial charge in [0.1, 0.15) is 0 Å². The Morgan fingerprint density at radius 1 is 0.529 bits per heavy atom. The molecule has 4 nitrogen and oxygen atoms in total. The van der Waals surface area contributed by atoms with Crippen molar-refractivity contribution < 1.29 is 19.3 Å². The van der Waals surface area contributed by atoms with Crippen molar-refractivity contribution in [2.75, 3.05) is 0 Å². The standard InChI is InChI=1S/C13H28O4/c1-10(2,3)15-13(14,16-11(4,5)6)17-12(7,8)9/h14H,1-9H3. The number of hydrogen-bond donors (Lipinski definition) is 1. The minimum Gasteiger partial charge on any atom is -0.319 e. The predicted octanol–water partition coefficient (Wildman–Crippen LogP) is 3.04. The van der Waals surface area contributed by atoms with E-state index >= 15 is 0 Å². The molecule has 0 saturated heterocycles. The molecule has 0 aromatic heterocycles. The largest absolute Gasteiger partial charge is 0.411 e. The van der Waals surface area contributed by atoms with Crippen molar-refractivity contribution in [1.29, 1.82) is 0 Å². The van der Waals surface area contributed by atoms with E-state index in [4.69, 9.17) is 14.2 Å². The predicted molar refractivity (Wildman–Crippen MR) is 67.5 cm³/mol. The molecule has 0 aliphatic rings. The van der Waals surface area contributed by atoms with Gasteiger partial charge in [0.25, 0.3) is 0 Å². The second-order valence-corrected chi connectivity index (χ2v) is 7.17. The van der Waals surface area contributed by atoms with Crippen LogP contribution in [0.4, 0.5) is 0 Å². The normalized spacial score (nSPS) is 15.2. The molecule has 0 unspecified atom stereocenters. The molecule has 1 N–H and O–H groups in total. The van der Waals surface area contributed by atoms with Crippen molar-refractivity contribution in [2.45, 2.75) is 85.3 Å². The smallest absolute Gasteiger partial charge is 0.319 e. The highest BCUT2D eigenvalue weighted by Crippen LogP contribution is 2.29. The third-order valence-electron chi connectivity index (χ3n) is 1.31. The molecule has 0 aromatic carbocycles. The van der Waals surface area contributed by atoms with Gasteiger partial charge in [-0.2, -0.15) is 0 Å². The van der Waals surface area contributed by atoms with Crippen LogP contribution in [0.2, 0.25) is 0 Å². The highest BCUT2D eigenvalue weighted by molar-refractivity contribution is 4.68. The van der Waals surface area contributed by atoms with Crippen molar-refractivity contribution in [3.63, 3.8) is 0 Å². The Morgan fingerprint density at radius 2 is 0.706 bits per heavy atom. The third-order valence-corrected chi connectivity index (χ3v) is 1.31. The molecule has 0 aliphatic carbocycles. The van der Waals surface area contributed by atoms with E-state index in [0.717, 1.165) is 0 Å². The first-order valence-electron chi connectivity index (χ1n) is 5.95. The molecule has 0 atom stereocenters. The van der Waals surface area contributed by atoms with Crippen LogP contribution in [0.15, 0.2) is 0 Å². The van der Waals surface area contributed by atoms with Crippen LogP contribution in [0.3, 0.4) is 0 Å². The first kappa shape index (κ1) is 16.8. The molecule has 0 aromatic rings. The van der Waals surface area contributed by atoms with Gasteiger partial charge in [0, 0.05) is 0 Å². The maximum absolute atomic E-state index is 10.4. The molecular weight excluding hydrogens is 220 g/mol. The zero-order chi connectivity index (χ0) is 14.1. The summed E-state index contributed by atoms with van der Waals surface area (Å²) in [5.74, 6) is 0. The van der Waals surface area contributed by atoms with E-state index in [1.54, 1.807) is 0 Å². The lowest BCUT2D eigenvalue weighted by molar-refractivity contribution is -0.535. The SMILES string of the molecule is CC(C)(C)OC(O)(OC(C)(C)C)OC(C)(C)C. The van der Waals surface area contributed by atoms with Crippen molar-refractivity contribution >= 4 is 0 Å². The van der Waals surface area contributed by atoms with Crippen LogP contribution in [0.5, 0.6) is 0 Å². The maximum atomic E-state index is 10.4. The fraction of sp³-hybridized carbons (Fsp3) is 1.00. The molecule has 0 saturated carbocycles. The van der Waals surface area contributed by atoms with Crippen molar-refractivity contribution in [1.82, 2.24) is 0 Å². The van der Waals surface area contributed by atoms with Gasteiger partial charge < -0.3 is 5.11 Å². The molecule has 0 aliphatic heterocycles. The minimum atomic E-state index is -2.05. The average Bonchev–Trinajstić information content (AvgIpc) is 1.65. The van der Waals surface area contributed by atoms with E-state index in [2.05, 4.69) is 0 Å². The van der Waals surface area contributed by atoms with E-state index in [0.29, 0.717) is 0 Å². The minimum absolute atomic E-state index is 0.578. The Bertz CT molecular complexity index is 199. The Kier molecular flexibility index (Phi) is 4.80. The van der Waals surface area contributed by atoms with Crippen LogP contribution in [0.1, 0.15) is 62.3 Å². The molecule has 0 radical (unpaired) electrons. The monoisotopic (exact) mass is 248 g/mol. The summed E-state index contributed by atoms with van der Waals surface area (Å²) in [7, 11) is 0. The molecule has 0 bridgehead atoms. The van der Waals surface area contributed by atoms with Crippen LogP contribution in [-0.4, -0.2) is 28.1 Å². The van der Waals surface area contributed by atoms with Gasteiger partial charge in [-0.05, 0) is 62.3 Å². The van der Waals surface area contributed by atoms with Crippen molar-refractivity contribution in [3.8, 4) is 0 Å². The highest BCUT2D eigenvalue weighted by Gasteiger charge is 2.43. The lowest BCUT2D eigenvalue weighted by Gasteiger charge is -2.40. The molecule has 0 rings (SSSR count). The van der Waals surface area contributed by atoms with Crippen LogP contribution in [-0.2, 0) is 14.2 Å². The van der Waals surface area contributed by atoms with Gasteiger partial charge in [-0.3, -0.25) is 14.2 Å². The van der Waals surface area contributed by atoms with Gasteiger partial charge >= 0.3 is 6.16 Å². The van der Waals surface area contributed by atoms with Gasteiger partial charge in [-0.1, -0.05) is 0 Å². The lowest BCUT2D eigenvalue weighted by Crippen LogP contribution is -2.52. The number of hydrogen-bond acceptors (Lipinski definition) is 4. The zero-order valence-corrected chi connectivity index (χ0v) is 12.7. The molecule has 0 heterocycles. The lowest BCUT2D eigenvalue weighted by atomic mass is 10.2.